The molecule has 1 N–H and O–H groups in total. The summed E-state index contributed by atoms with van der Waals surface area (Å²) in [7, 11) is 0. The van der Waals surface area contributed by atoms with Crippen molar-refractivity contribution in [3.8, 4) is 0 Å². The van der Waals surface area contributed by atoms with Crippen LogP contribution < -0.4 is 5.32 Å². The Hall–Kier alpha value is -1.75. The highest BCUT2D eigenvalue weighted by atomic mass is 16.6. The Morgan fingerprint density at radius 2 is 2.15 bits per heavy atom. The van der Waals surface area contributed by atoms with Crippen molar-refractivity contribution >= 4 is 11.5 Å². The molecule has 1 saturated heterocycles. The molecule has 1 aromatic carbocycles. The number of para-hydroxylation sites is 1. The lowest BCUT2D eigenvalue weighted by Gasteiger charge is -2.17. The zero-order valence-corrected chi connectivity index (χ0v) is 11.2. The van der Waals surface area contributed by atoms with Crippen LogP contribution in [0.1, 0.15) is 36.0 Å². The molecule has 1 saturated carbocycles. The minimum Gasteiger partial charge on any atom is -0.313 e. The minimum atomic E-state index is -0.478. The average Bonchev–Trinajstić information content (AvgIpc) is 3.03. The molecule has 0 radical (unpaired) electrons. The van der Waals surface area contributed by atoms with E-state index in [9.17, 15) is 14.9 Å². The smallest absolute Gasteiger partial charge is 0.280 e. The third-order valence-corrected chi connectivity index (χ3v) is 4.68. The highest BCUT2D eigenvalue weighted by Gasteiger charge is 2.40. The maximum Gasteiger partial charge on any atom is 0.280 e. The Morgan fingerprint density at radius 3 is 2.95 bits per heavy atom. The van der Waals surface area contributed by atoms with Gasteiger partial charge in [0.2, 0.25) is 0 Å². The first-order valence-electron chi connectivity index (χ1n) is 7.17. The van der Waals surface area contributed by atoms with Crippen molar-refractivity contribution in [2.45, 2.75) is 31.7 Å². The second-order valence-electron chi connectivity index (χ2n) is 5.77. The fourth-order valence-corrected chi connectivity index (χ4v) is 3.70. The number of nitro groups is 1. The lowest BCUT2D eigenvalue weighted by molar-refractivity contribution is -0.385. The largest absolute Gasteiger partial charge is 0.313 e. The third-order valence-electron chi connectivity index (χ3n) is 4.68. The maximum atomic E-state index is 12.4. The fraction of sp³-hybridized carbons (Fsp3) is 0.533. The number of Topliss-reactive ketones (excluding diaryl/α,β-unsaturated/α-hetero) is 1. The summed E-state index contributed by atoms with van der Waals surface area (Å²) in [5.74, 6) is 1.14. The number of nitro benzene ring substituents is 1. The molecule has 3 unspecified atom stereocenters. The molecule has 3 rings (SSSR count). The van der Waals surface area contributed by atoms with E-state index in [1.165, 1.54) is 25.3 Å². The highest BCUT2D eigenvalue weighted by Crippen LogP contribution is 2.39. The Balaban J connectivity index is 1.75. The zero-order chi connectivity index (χ0) is 14.1. The molecular formula is C15H18N2O3. The molecule has 0 aromatic heterocycles. The van der Waals surface area contributed by atoms with Crippen molar-refractivity contribution in [2.24, 2.45) is 11.8 Å². The molecule has 5 nitrogen and oxygen atoms in total. The minimum absolute atomic E-state index is 0.0848. The van der Waals surface area contributed by atoms with E-state index in [1.54, 1.807) is 18.2 Å². The van der Waals surface area contributed by atoms with E-state index in [4.69, 9.17) is 0 Å². The van der Waals surface area contributed by atoms with Crippen LogP contribution in [0, 0.1) is 22.0 Å². The van der Waals surface area contributed by atoms with Crippen LogP contribution in [-0.2, 0) is 0 Å². The molecule has 0 amide bonds. The molecular weight excluding hydrogens is 256 g/mol. The van der Waals surface area contributed by atoms with Gasteiger partial charge < -0.3 is 5.32 Å². The second kappa shape index (κ2) is 5.32. The Labute approximate surface area is 117 Å². The topological polar surface area (TPSA) is 72.2 Å². The monoisotopic (exact) mass is 274 g/mol. The number of rotatable bonds is 4. The molecule has 2 fully saturated rings. The first-order chi connectivity index (χ1) is 9.66. The van der Waals surface area contributed by atoms with Crippen molar-refractivity contribution in [3.05, 3.63) is 39.9 Å². The summed E-state index contributed by atoms with van der Waals surface area (Å²) in [6, 6.07) is 6.42. The molecule has 1 aliphatic heterocycles. The summed E-state index contributed by atoms with van der Waals surface area (Å²) >= 11 is 0. The number of hydrogen-bond acceptors (Lipinski definition) is 4. The van der Waals surface area contributed by atoms with Crippen LogP contribution in [0.2, 0.25) is 0 Å². The second-order valence-corrected chi connectivity index (χ2v) is 5.77. The average molecular weight is 274 g/mol. The Kier molecular flexibility index (Phi) is 3.53. The van der Waals surface area contributed by atoms with E-state index >= 15 is 0 Å². The van der Waals surface area contributed by atoms with Gasteiger partial charge in [0.15, 0.2) is 5.78 Å². The predicted octanol–water partition coefficient (Wildman–Crippen LogP) is 2.56. The van der Waals surface area contributed by atoms with Crippen LogP contribution in [-0.4, -0.2) is 23.3 Å². The van der Waals surface area contributed by atoms with Crippen LogP contribution in [0.3, 0.4) is 0 Å². The van der Waals surface area contributed by atoms with Gasteiger partial charge in [-0.05, 0) is 37.3 Å². The number of carbonyl (C=O) groups is 1. The summed E-state index contributed by atoms with van der Waals surface area (Å²) < 4.78 is 0. The standard InChI is InChI=1S/C15H18N2O3/c18-15(12-5-1-2-7-14(12)17(19)20)8-13-11-6-3-4-10(11)9-16-13/h1-2,5,7,10-11,13,16H,3-4,6,8-9H2. The fourth-order valence-electron chi connectivity index (χ4n) is 3.70. The van der Waals surface area contributed by atoms with E-state index in [2.05, 4.69) is 5.32 Å². The molecule has 1 heterocycles. The van der Waals surface area contributed by atoms with E-state index in [0.717, 1.165) is 6.54 Å². The van der Waals surface area contributed by atoms with Gasteiger partial charge >= 0.3 is 0 Å². The Bertz CT molecular complexity index is 544. The van der Waals surface area contributed by atoms with Crippen molar-refractivity contribution in [1.29, 1.82) is 0 Å². The molecule has 1 aliphatic carbocycles. The number of carbonyl (C=O) groups excluding carboxylic acids is 1. The van der Waals surface area contributed by atoms with Gasteiger partial charge in [-0.2, -0.15) is 0 Å². The molecule has 20 heavy (non-hydrogen) atoms. The van der Waals surface area contributed by atoms with Crippen LogP contribution in [0.25, 0.3) is 0 Å². The van der Waals surface area contributed by atoms with Gasteiger partial charge in [-0.1, -0.05) is 18.6 Å². The van der Waals surface area contributed by atoms with Gasteiger partial charge in [0.1, 0.15) is 0 Å². The molecule has 0 spiro atoms. The van der Waals surface area contributed by atoms with Crippen molar-refractivity contribution in [1.82, 2.24) is 5.32 Å². The normalized spacial score (nSPS) is 28.3. The van der Waals surface area contributed by atoms with Gasteiger partial charge in [0.05, 0.1) is 10.5 Å². The summed E-state index contributed by atoms with van der Waals surface area (Å²) in [6.45, 7) is 0.986. The molecule has 1 aromatic rings. The number of nitrogens with one attached hydrogen (secondary N) is 1. The van der Waals surface area contributed by atoms with Crippen molar-refractivity contribution in [3.63, 3.8) is 0 Å². The number of hydrogen-bond donors (Lipinski definition) is 1. The zero-order valence-electron chi connectivity index (χ0n) is 11.2. The van der Waals surface area contributed by atoms with Gasteiger partial charge in [0, 0.05) is 18.5 Å². The molecule has 106 valence electrons. The third kappa shape index (κ3) is 2.33. The van der Waals surface area contributed by atoms with Gasteiger partial charge in [0.25, 0.3) is 5.69 Å². The summed E-state index contributed by atoms with van der Waals surface area (Å²) in [4.78, 5) is 22.9. The molecule has 3 atom stereocenters. The SMILES string of the molecule is O=C(CC1NCC2CCCC21)c1ccccc1[N+](=O)[O-]. The van der Waals surface area contributed by atoms with Crippen LogP contribution >= 0.6 is 0 Å². The van der Waals surface area contributed by atoms with E-state index < -0.39 is 4.92 Å². The van der Waals surface area contributed by atoms with Crippen molar-refractivity contribution < 1.29 is 9.72 Å². The van der Waals surface area contributed by atoms with Gasteiger partial charge in [-0.25, -0.2) is 0 Å². The van der Waals surface area contributed by atoms with Crippen LogP contribution in [0.5, 0.6) is 0 Å². The van der Waals surface area contributed by atoms with Gasteiger partial charge in [-0.15, -0.1) is 0 Å². The molecule has 0 bridgehead atoms. The first kappa shape index (κ1) is 13.2. The number of fused-ring (bicyclic) bond motifs is 1. The lowest BCUT2D eigenvalue weighted by Crippen LogP contribution is -2.29. The number of benzene rings is 1. The number of nitrogens with zero attached hydrogens (tertiary/aromatic N) is 1. The van der Waals surface area contributed by atoms with E-state index in [0.29, 0.717) is 18.3 Å². The van der Waals surface area contributed by atoms with Gasteiger partial charge in [-0.3, -0.25) is 14.9 Å². The van der Waals surface area contributed by atoms with Crippen LogP contribution in [0.4, 0.5) is 5.69 Å². The van der Waals surface area contributed by atoms with Crippen molar-refractivity contribution in [2.75, 3.05) is 6.54 Å². The summed E-state index contributed by atoms with van der Waals surface area (Å²) in [6.07, 6.45) is 4.03. The first-order valence-corrected chi connectivity index (χ1v) is 7.17. The highest BCUT2D eigenvalue weighted by molar-refractivity contribution is 6.00. The Morgan fingerprint density at radius 1 is 1.35 bits per heavy atom. The summed E-state index contributed by atoms with van der Waals surface area (Å²) in [5, 5.41) is 14.4. The lowest BCUT2D eigenvalue weighted by atomic mass is 9.90. The number of ketones is 1. The maximum absolute atomic E-state index is 12.4. The predicted molar refractivity (Wildman–Crippen MR) is 74.7 cm³/mol. The van der Waals surface area contributed by atoms with Crippen LogP contribution in [0.15, 0.2) is 24.3 Å². The van der Waals surface area contributed by atoms with E-state index in [-0.39, 0.29) is 23.1 Å². The quantitative estimate of drug-likeness (QED) is 0.520. The molecule has 5 heteroatoms. The summed E-state index contributed by atoms with van der Waals surface area (Å²) in [5.41, 5.74) is 0.152. The van der Waals surface area contributed by atoms with E-state index in [1.807, 2.05) is 0 Å². The molecule has 2 aliphatic rings.